The van der Waals surface area contributed by atoms with E-state index in [9.17, 15) is 20.2 Å². The number of nitrogens with two attached hydrogens (primary N) is 2. The van der Waals surface area contributed by atoms with Crippen LogP contribution in [0.25, 0.3) is 0 Å². The third kappa shape index (κ3) is 20.8. The van der Waals surface area contributed by atoms with E-state index >= 15 is 0 Å². The maximum atomic E-state index is 11.0. The van der Waals surface area contributed by atoms with Gasteiger partial charge in [-0.25, -0.2) is 0 Å². The molecule has 0 unspecified atom stereocenters. The second-order valence-electron chi connectivity index (χ2n) is 14.3. The van der Waals surface area contributed by atoms with Gasteiger partial charge in [0.25, 0.3) is 0 Å². The molecule has 3 fully saturated rings. The number of hydrogen-bond donors (Lipinski definition) is 4. The summed E-state index contributed by atoms with van der Waals surface area (Å²) in [4.78, 5) is 50.9. The normalized spacial score (nSPS) is 14.9. The average Bonchev–Trinajstić information content (AvgIpc) is 3.36. The van der Waals surface area contributed by atoms with Crippen LogP contribution in [0.2, 0.25) is 5.28 Å². The lowest BCUT2D eigenvalue weighted by Gasteiger charge is -2.26. The predicted octanol–water partition coefficient (Wildman–Crippen LogP) is 2.11. The van der Waals surface area contributed by atoms with Gasteiger partial charge in [0.05, 0.1) is 92.1 Å². The Bertz CT molecular complexity index is 1870. The molecule has 3 aromatic rings. The molecule has 29 heteroatoms. The Balaban J connectivity index is 0.000000328. The second kappa shape index (κ2) is 33.7. The molecule has 6 heterocycles. The van der Waals surface area contributed by atoms with Crippen LogP contribution in [0.15, 0.2) is 0 Å². The number of methoxy groups -OCH3 is 6. The lowest BCUT2D eigenvalue weighted by Crippen LogP contribution is -2.37. The summed E-state index contributed by atoms with van der Waals surface area (Å²) in [5.41, 5.74) is 10.7. The lowest BCUT2D eigenvalue weighted by molar-refractivity contribution is -0.387. The van der Waals surface area contributed by atoms with Gasteiger partial charge in [-0.2, -0.15) is 29.9 Å². The molecule has 0 amide bonds. The van der Waals surface area contributed by atoms with E-state index in [1.54, 1.807) is 0 Å². The zero-order chi connectivity index (χ0) is 49.7. The number of nitro groups is 2. The number of rotatable bonds is 21. The minimum Gasteiger partial charge on any atom is -0.479 e. The number of aromatic nitrogens is 6. The highest BCUT2D eigenvalue weighted by molar-refractivity contribution is 6.28. The third-order valence-electron chi connectivity index (χ3n) is 9.87. The molecular weight excluding hydrogens is 934 g/mol. The van der Waals surface area contributed by atoms with E-state index in [1.165, 1.54) is 42.7 Å². The monoisotopic (exact) mass is 1000 g/mol. The van der Waals surface area contributed by atoms with Gasteiger partial charge in [-0.3, -0.25) is 34.9 Å². The van der Waals surface area contributed by atoms with Gasteiger partial charge in [-0.05, 0) is 57.0 Å². The van der Waals surface area contributed by atoms with Crippen molar-refractivity contribution in [2.24, 2.45) is 5.73 Å². The highest BCUT2D eigenvalue weighted by Crippen LogP contribution is 2.35. The van der Waals surface area contributed by atoms with Gasteiger partial charge in [0, 0.05) is 52.4 Å². The maximum absolute atomic E-state index is 11.0. The van der Waals surface area contributed by atoms with Crippen LogP contribution in [0.4, 0.5) is 29.0 Å². The van der Waals surface area contributed by atoms with Crippen molar-refractivity contribution in [2.75, 3.05) is 177 Å². The van der Waals surface area contributed by atoms with Crippen LogP contribution in [-0.4, -0.2) is 215 Å². The zero-order valence-electron chi connectivity index (χ0n) is 39.6. The van der Waals surface area contributed by atoms with Crippen molar-refractivity contribution in [1.82, 2.24) is 44.6 Å². The molecule has 3 aromatic heterocycles. The number of anilines is 3. The minimum absolute atomic E-state index is 0. The molecule has 0 bridgehead atoms. The maximum Gasteiger partial charge on any atom is 0.392 e. The first-order valence-electron chi connectivity index (χ1n) is 21.7. The van der Waals surface area contributed by atoms with E-state index in [-0.39, 0.29) is 47.9 Å². The van der Waals surface area contributed by atoms with Crippen molar-refractivity contribution in [3.05, 3.63) is 25.5 Å². The summed E-state index contributed by atoms with van der Waals surface area (Å²) in [6.45, 7) is 16.3. The quantitative estimate of drug-likeness (QED) is 0.0514. The van der Waals surface area contributed by atoms with Crippen molar-refractivity contribution in [1.29, 1.82) is 0 Å². The molecule has 0 spiro atoms. The summed E-state index contributed by atoms with van der Waals surface area (Å²) in [5.74, 6) is 0.620. The number of morpholine rings is 3. The molecule has 69 heavy (non-hydrogen) atoms. The minimum atomic E-state index is -0.700. The third-order valence-corrected chi connectivity index (χ3v) is 10.0. The van der Waals surface area contributed by atoms with Crippen molar-refractivity contribution in [2.45, 2.75) is 26.7 Å². The summed E-state index contributed by atoms with van der Waals surface area (Å²) in [6.07, 6.45) is 3.00. The lowest BCUT2D eigenvalue weighted by atomic mass is 10.3. The van der Waals surface area contributed by atoms with E-state index in [4.69, 9.17) is 56.2 Å². The highest BCUT2D eigenvalue weighted by atomic mass is 35.5. The molecular formula is C40H70ClN15O13. The molecule has 3 aliphatic rings. The topological polar surface area (TPSA) is 333 Å². The summed E-state index contributed by atoms with van der Waals surface area (Å²) < 4.78 is 45.3. The number of hydrogen-bond acceptors (Lipinski definition) is 26. The number of ether oxygens (including phenoxy) is 9. The summed E-state index contributed by atoms with van der Waals surface area (Å²) in [7, 11) is 8.14. The Morgan fingerprint density at radius 3 is 1.13 bits per heavy atom. The molecule has 0 aliphatic carbocycles. The van der Waals surface area contributed by atoms with Crippen LogP contribution in [0.5, 0.6) is 35.3 Å². The standard InChI is InChI=1S/C13H21N5O5.C13H23N5O3.C7H16N2O.C6H6ClN3O4.CH4/c1-21-11-10(18(19)20)12(22-2)16-13(15-11)14-4-3-5-17-6-8-23-9-7-17;1-19-11-10(14)12(20-2)17-13(16-11)15-4-3-5-18-6-8-21-9-7-18;8-2-1-3-9-4-6-10-7-5-9;1-13-4-3(10(11)12)5(14-2)9-6(7)8-4;/h3-9H2,1-2H3,(H,14,15,16);3-9,14H2,1-2H3,(H,15,16,17);1-8H2;1-2H3;1H4. The average molecular weight is 1000 g/mol. The molecule has 3 saturated heterocycles. The Morgan fingerprint density at radius 1 is 0.551 bits per heavy atom. The van der Waals surface area contributed by atoms with Crippen molar-refractivity contribution in [3.8, 4) is 35.3 Å². The fourth-order valence-electron chi connectivity index (χ4n) is 6.38. The molecule has 28 nitrogen and oxygen atoms in total. The van der Waals surface area contributed by atoms with E-state index in [0.29, 0.717) is 29.9 Å². The Morgan fingerprint density at radius 2 is 0.841 bits per heavy atom. The molecule has 390 valence electrons. The summed E-state index contributed by atoms with van der Waals surface area (Å²) in [5, 5.41) is 27.7. The largest absolute Gasteiger partial charge is 0.479 e. The number of nitrogens with one attached hydrogen (secondary N) is 2. The van der Waals surface area contributed by atoms with Crippen LogP contribution < -0.4 is 50.5 Å². The number of nitrogens with zero attached hydrogens (tertiary/aromatic N) is 11. The van der Waals surface area contributed by atoms with Crippen LogP contribution in [-0.2, 0) is 14.2 Å². The van der Waals surface area contributed by atoms with Crippen molar-refractivity contribution in [3.63, 3.8) is 0 Å². The smallest absolute Gasteiger partial charge is 0.392 e. The Labute approximate surface area is 407 Å². The van der Waals surface area contributed by atoms with Crippen LogP contribution in [0.3, 0.4) is 0 Å². The molecule has 0 radical (unpaired) electrons. The van der Waals surface area contributed by atoms with E-state index < -0.39 is 15.5 Å². The fourth-order valence-corrected chi connectivity index (χ4v) is 6.53. The Hall–Kier alpha value is -5.75. The molecule has 0 atom stereocenters. The molecule has 0 aromatic carbocycles. The molecule has 6 rings (SSSR count). The first-order chi connectivity index (χ1) is 32.9. The summed E-state index contributed by atoms with van der Waals surface area (Å²) >= 11 is 5.48. The van der Waals surface area contributed by atoms with Crippen LogP contribution >= 0.6 is 11.6 Å². The summed E-state index contributed by atoms with van der Waals surface area (Å²) in [6, 6.07) is 0. The first-order valence-corrected chi connectivity index (χ1v) is 22.1. The van der Waals surface area contributed by atoms with Gasteiger partial charge in [-0.1, -0.05) is 7.43 Å². The van der Waals surface area contributed by atoms with Crippen molar-refractivity contribution < 1.29 is 52.5 Å². The van der Waals surface area contributed by atoms with Gasteiger partial charge < -0.3 is 64.7 Å². The van der Waals surface area contributed by atoms with Crippen molar-refractivity contribution >= 4 is 40.6 Å². The van der Waals surface area contributed by atoms with E-state index in [1.807, 2.05) is 0 Å². The van der Waals surface area contributed by atoms with Crippen LogP contribution in [0, 0.1) is 20.2 Å². The van der Waals surface area contributed by atoms with Gasteiger partial charge in [0.1, 0.15) is 0 Å². The number of nitrogen functional groups attached to an aromatic ring is 1. The predicted molar refractivity (Wildman–Crippen MR) is 257 cm³/mol. The second-order valence-corrected chi connectivity index (χ2v) is 14.7. The molecule has 0 saturated carbocycles. The highest BCUT2D eigenvalue weighted by Gasteiger charge is 2.28. The molecule has 6 N–H and O–H groups in total. The van der Waals surface area contributed by atoms with E-state index in [2.05, 4.69) is 64.7 Å². The SMILES string of the molecule is C.COc1nc(Cl)nc(OC)c1[N+](=O)[O-].COc1nc(NCCCN2CCOCC2)nc(OC)c1N.COc1nc(NCCCN2CCOCC2)nc(OC)c1[N+](=O)[O-].NCCCN1CCOCC1. The number of halogens is 1. The van der Waals surface area contributed by atoms with Gasteiger partial charge in [0.2, 0.25) is 28.9 Å². The van der Waals surface area contributed by atoms with Gasteiger partial charge in [-0.15, -0.1) is 0 Å². The van der Waals surface area contributed by atoms with E-state index in [0.717, 1.165) is 131 Å². The Kier molecular flexibility index (Phi) is 29.0. The zero-order valence-corrected chi connectivity index (χ0v) is 40.4. The van der Waals surface area contributed by atoms with Crippen LogP contribution in [0.1, 0.15) is 26.7 Å². The first kappa shape index (κ1) is 59.4. The molecule has 3 aliphatic heterocycles. The van der Waals surface area contributed by atoms with Gasteiger partial charge in [0.15, 0.2) is 5.69 Å². The fraction of sp³-hybridized carbons (Fsp3) is 0.700. The van der Waals surface area contributed by atoms with Gasteiger partial charge >= 0.3 is 34.9 Å².